The molecule has 4 aromatic carbocycles. The van der Waals surface area contributed by atoms with E-state index in [2.05, 4.69) is 26.2 Å². The predicted molar refractivity (Wildman–Crippen MR) is 192 cm³/mol. The van der Waals surface area contributed by atoms with Gasteiger partial charge in [-0.2, -0.15) is 4.68 Å². The molecule has 1 aliphatic rings. The van der Waals surface area contributed by atoms with E-state index in [-0.39, 0.29) is 49.2 Å². The number of benzene rings is 4. The van der Waals surface area contributed by atoms with Gasteiger partial charge in [-0.15, -0.1) is 5.10 Å². The second kappa shape index (κ2) is 17.1. The standard InChI is InChI=1S/C37H39N7O6S/c38-31-4-1-2-5-32(31)40-35(48)7-3-6-34(47)39-21-24-8-14-27(15-9-24)36-49-30(20-33(50-36)26-12-10-25(22-45)11-13-26)23-51-37-41-42-43-44(37)28-16-18-29(46)19-17-28/h1-2,4-5,8-19,30,33,36,45-46H,3,6-7,20-23,38H2,(H,39,47)(H,40,48)/t30-,33+,36+/m0/s1. The number of phenols is 1. The Kier molecular flexibility index (Phi) is 11.9. The molecule has 1 aliphatic heterocycles. The summed E-state index contributed by atoms with van der Waals surface area (Å²) in [6.07, 6.45) is 0.304. The number of thioether (sulfide) groups is 1. The summed E-state index contributed by atoms with van der Waals surface area (Å²) < 4.78 is 14.6. The van der Waals surface area contributed by atoms with E-state index in [1.807, 2.05) is 48.5 Å². The number of aliphatic hydroxyl groups is 1. The zero-order chi connectivity index (χ0) is 35.6. The molecular formula is C37H39N7O6S. The van der Waals surface area contributed by atoms with Crippen LogP contribution < -0.4 is 16.4 Å². The number of amides is 2. The molecule has 14 heteroatoms. The van der Waals surface area contributed by atoms with E-state index in [1.54, 1.807) is 53.2 Å². The Bertz CT molecular complexity index is 1900. The van der Waals surface area contributed by atoms with Gasteiger partial charge in [-0.05, 0) is 69.9 Å². The summed E-state index contributed by atoms with van der Waals surface area (Å²) in [6, 6.07) is 29.1. The van der Waals surface area contributed by atoms with Crippen LogP contribution in [0.2, 0.25) is 0 Å². The summed E-state index contributed by atoms with van der Waals surface area (Å²) in [7, 11) is 0. The van der Waals surface area contributed by atoms with Crippen LogP contribution in [0.15, 0.2) is 102 Å². The quantitative estimate of drug-likeness (QED) is 0.0753. The number of nitrogens with one attached hydrogen (secondary N) is 2. The number of tetrazole rings is 1. The number of ether oxygens (including phenoxy) is 2. The summed E-state index contributed by atoms with van der Waals surface area (Å²) in [5.74, 6) is 0.373. The summed E-state index contributed by atoms with van der Waals surface area (Å²) in [5.41, 5.74) is 11.2. The summed E-state index contributed by atoms with van der Waals surface area (Å²) >= 11 is 1.46. The van der Waals surface area contributed by atoms with Crippen molar-refractivity contribution >= 4 is 35.0 Å². The van der Waals surface area contributed by atoms with E-state index in [1.165, 1.54) is 11.8 Å². The van der Waals surface area contributed by atoms with Crippen LogP contribution in [-0.2, 0) is 32.2 Å². The Morgan fingerprint density at radius 3 is 2.33 bits per heavy atom. The molecule has 0 spiro atoms. The number of carbonyl (C=O) groups is 2. The third kappa shape index (κ3) is 9.70. The summed E-state index contributed by atoms with van der Waals surface area (Å²) in [4.78, 5) is 24.7. The number of nitrogen functional groups attached to an aromatic ring is 1. The molecule has 51 heavy (non-hydrogen) atoms. The molecule has 264 valence electrons. The van der Waals surface area contributed by atoms with E-state index in [0.29, 0.717) is 41.7 Å². The highest BCUT2D eigenvalue weighted by Crippen LogP contribution is 2.39. The number of hydrogen-bond donors (Lipinski definition) is 5. The SMILES string of the molecule is Nc1ccccc1NC(=O)CCCC(=O)NCc1ccc([C@@H]2O[C@H](CSc3nnnn3-c3ccc(O)cc3)C[C@H](c3ccc(CO)cc3)O2)cc1. The number of aromatic hydroxyl groups is 1. The van der Waals surface area contributed by atoms with E-state index in [4.69, 9.17) is 15.2 Å². The molecule has 0 unspecified atom stereocenters. The topological polar surface area (TPSA) is 187 Å². The zero-order valence-electron chi connectivity index (χ0n) is 27.7. The molecule has 0 radical (unpaired) electrons. The van der Waals surface area contributed by atoms with Gasteiger partial charge >= 0.3 is 0 Å². The maximum absolute atomic E-state index is 12.5. The molecule has 2 amide bonds. The lowest BCUT2D eigenvalue weighted by Gasteiger charge is -2.36. The molecule has 0 saturated carbocycles. The smallest absolute Gasteiger partial charge is 0.224 e. The van der Waals surface area contributed by atoms with Gasteiger partial charge in [-0.25, -0.2) is 0 Å². The third-order valence-corrected chi connectivity index (χ3v) is 9.38. The number of para-hydroxylation sites is 2. The highest BCUT2D eigenvalue weighted by molar-refractivity contribution is 7.99. The Labute approximate surface area is 299 Å². The average Bonchev–Trinajstić information content (AvgIpc) is 3.63. The van der Waals surface area contributed by atoms with Crippen LogP contribution in [0.5, 0.6) is 5.75 Å². The maximum atomic E-state index is 12.5. The van der Waals surface area contributed by atoms with E-state index < -0.39 is 6.29 Å². The van der Waals surface area contributed by atoms with Crippen LogP contribution in [0.4, 0.5) is 11.4 Å². The van der Waals surface area contributed by atoms with Crippen molar-refractivity contribution < 1.29 is 29.3 Å². The van der Waals surface area contributed by atoms with Crippen molar-refractivity contribution in [2.75, 3.05) is 16.8 Å². The molecule has 1 saturated heterocycles. The number of anilines is 2. The number of carbonyl (C=O) groups excluding carboxylic acids is 2. The van der Waals surface area contributed by atoms with Gasteiger partial charge in [0.1, 0.15) is 5.75 Å². The molecule has 1 fully saturated rings. The van der Waals surface area contributed by atoms with Gasteiger partial charge in [0.25, 0.3) is 0 Å². The summed E-state index contributed by atoms with van der Waals surface area (Å²) in [6.45, 7) is 0.300. The number of aliphatic hydroxyl groups excluding tert-OH is 1. The second-order valence-electron chi connectivity index (χ2n) is 12.1. The van der Waals surface area contributed by atoms with E-state index in [0.717, 1.165) is 27.9 Å². The fourth-order valence-corrected chi connectivity index (χ4v) is 6.44. The number of phenolic OH excluding ortho intramolecular Hbond substituents is 1. The molecule has 5 aromatic rings. The highest BCUT2D eigenvalue weighted by Gasteiger charge is 2.32. The first-order chi connectivity index (χ1) is 24.8. The highest BCUT2D eigenvalue weighted by atomic mass is 32.2. The molecule has 13 nitrogen and oxygen atoms in total. The minimum atomic E-state index is -0.652. The largest absolute Gasteiger partial charge is 0.508 e. The van der Waals surface area contributed by atoms with Gasteiger partial charge in [0.15, 0.2) is 6.29 Å². The van der Waals surface area contributed by atoms with Crippen LogP contribution in [0, 0.1) is 0 Å². The second-order valence-corrected chi connectivity index (χ2v) is 13.0. The lowest BCUT2D eigenvalue weighted by Crippen LogP contribution is -2.31. The van der Waals surface area contributed by atoms with Gasteiger partial charge in [-0.3, -0.25) is 9.59 Å². The number of nitrogens with two attached hydrogens (primary N) is 1. The van der Waals surface area contributed by atoms with Gasteiger partial charge < -0.3 is 36.1 Å². The Morgan fingerprint density at radius 1 is 0.882 bits per heavy atom. The van der Waals surface area contributed by atoms with E-state index in [9.17, 15) is 19.8 Å². The molecule has 6 rings (SSSR count). The number of rotatable bonds is 14. The van der Waals surface area contributed by atoms with E-state index >= 15 is 0 Å². The van der Waals surface area contributed by atoms with Crippen molar-refractivity contribution in [3.63, 3.8) is 0 Å². The van der Waals surface area contributed by atoms with Gasteiger partial charge in [0.2, 0.25) is 17.0 Å². The van der Waals surface area contributed by atoms with Crippen molar-refractivity contribution in [2.45, 2.75) is 62.5 Å². The minimum Gasteiger partial charge on any atom is -0.508 e. The van der Waals surface area contributed by atoms with Crippen molar-refractivity contribution in [1.82, 2.24) is 25.5 Å². The van der Waals surface area contributed by atoms with Crippen LogP contribution in [0.25, 0.3) is 5.69 Å². The molecule has 6 N–H and O–H groups in total. The normalized spacial score (nSPS) is 17.2. The fraction of sp³-hybridized carbons (Fsp3) is 0.270. The maximum Gasteiger partial charge on any atom is 0.224 e. The fourth-order valence-electron chi connectivity index (χ4n) is 5.53. The van der Waals surface area contributed by atoms with Crippen LogP contribution >= 0.6 is 11.8 Å². The molecule has 1 aromatic heterocycles. The predicted octanol–water partition coefficient (Wildman–Crippen LogP) is 5.21. The van der Waals surface area contributed by atoms with Crippen molar-refractivity contribution in [3.05, 3.63) is 119 Å². The van der Waals surface area contributed by atoms with Gasteiger partial charge in [0.05, 0.1) is 35.9 Å². The monoisotopic (exact) mass is 709 g/mol. The molecule has 2 heterocycles. The average molecular weight is 710 g/mol. The lowest BCUT2D eigenvalue weighted by molar-refractivity contribution is -0.245. The Balaban J connectivity index is 1.04. The lowest BCUT2D eigenvalue weighted by atomic mass is 10.0. The van der Waals surface area contributed by atoms with Crippen LogP contribution in [0.3, 0.4) is 0 Å². The first kappa shape index (κ1) is 35.5. The van der Waals surface area contributed by atoms with Crippen molar-refractivity contribution in [2.24, 2.45) is 0 Å². The van der Waals surface area contributed by atoms with Gasteiger partial charge in [-0.1, -0.05) is 72.4 Å². The number of hydrogen-bond acceptors (Lipinski definition) is 11. The number of aromatic nitrogens is 4. The Morgan fingerprint density at radius 2 is 1.59 bits per heavy atom. The van der Waals surface area contributed by atoms with Crippen molar-refractivity contribution in [1.29, 1.82) is 0 Å². The minimum absolute atomic E-state index is 0.0405. The Hall–Kier alpha value is -5.28. The van der Waals surface area contributed by atoms with Crippen molar-refractivity contribution in [3.8, 4) is 11.4 Å². The third-order valence-electron chi connectivity index (χ3n) is 8.33. The zero-order valence-corrected chi connectivity index (χ0v) is 28.5. The molecular weight excluding hydrogens is 671 g/mol. The van der Waals surface area contributed by atoms with Crippen LogP contribution in [-0.4, -0.2) is 54.1 Å². The first-order valence-electron chi connectivity index (χ1n) is 16.6. The van der Waals surface area contributed by atoms with Gasteiger partial charge in [0, 0.05) is 37.1 Å². The molecule has 3 atom stereocenters. The first-order valence-corrected chi connectivity index (χ1v) is 17.5. The molecule has 0 aliphatic carbocycles. The number of nitrogens with zero attached hydrogens (tertiary/aromatic N) is 4. The molecule has 0 bridgehead atoms. The summed E-state index contributed by atoms with van der Waals surface area (Å²) in [5, 5.41) is 37.6. The van der Waals surface area contributed by atoms with Crippen LogP contribution in [0.1, 0.15) is 60.3 Å².